The van der Waals surface area contributed by atoms with E-state index < -0.39 is 0 Å². The first-order valence-corrected chi connectivity index (χ1v) is 5.52. The maximum atomic E-state index is 8.84. The molecule has 0 amide bonds. The fourth-order valence-electron chi connectivity index (χ4n) is 1.17. The summed E-state index contributed by atoms with van der Waals surface area (Å²) >= 11 is 3.46. The predicted octanol–water partition coefficient (Wildman–Crippen LogP) is 2.23. The summed E-state index contributed by atoms with van der Waals surface area (Å²) in [5.41, 5.74) is 2.48. The molecule has 0 aromatic heterocycles. The molecule has 1 aromatic carbocycles. The molecule has 0 aliphatic heterocycles. The molecule has 0 saturated heterocycles. The van der Waals surface area contributed by atoms with Crippen LogP contribution < -0.4 is 5.32 Å². The Kier molecular flexibility index (Phi) is 4.58. The lowest BCUT2D eigenvalue weighted by molar-refractivity contribution is 0.251. The molecule has 1 atom stereocenters. The topological polar surface area (TPSA) is 32.3 Å². The van der Waals surface area contributed by atoms with E-state index in [0.717, 1.165) is 11.0 Å². The highest BCUT2D eigenvalue weighted by molar-refractivity contribution is 9.10. The number of aryl methyl sites for hydroxylation is 1. The SMILES string of the molecule is Cc1cc(CNC(C)CO)ccc1Br. The molecule has 0 fully saturated rings. The van der Waals surface area contributed by atoms with Crippen LogP contribution in [0, 0.1) is 6.92 Å². The molecule has 0 bridgehead atoms. The molecule has 0 radical (unpaired) electrons. The Morgan fingerprint density at radius 2 is 2.21 bits per heavy atom. The number of nitrogens with one attached hydrogen (secondary N) is 1. The summed E-state index contributed by atoms with van der Waals surface area (Å²) in [7, 11) is 0. The third kappa shape index (κ3) is 3.40. The molecule has 3 heteroatoms. The maximum Gasteiger partial charge on any atom is 0.0582 e. The van der Waals surface area contributed by atoms with Crippen molar-refractivity contribution in [3.63, 3.8) is 0 Å². The van der Waals surface area contributed by atoms with Crippen molar-refractivity contribution in [2.45, 2.75) is 26.4 Å². The summed E-state index contributed by atoms with van der Waals surface area (Å²) in [6.45, 7) is 5.01. The van der Waals surface area contributed by atoms with Crippen molar-refractivity contribution < 1.29 is 5.11 Å². The summed E-state index contributed by atoms with van der Waals surface area (Å²) in [4.78, 5) is 0. The highest BCUT2D eigenvalue weighted by Gasteiger charge is 2.00. The molecule has 1 rings (SSSR count). The van der Waals surface area contributed by atoms with Crippen LogP contribution in [-0.4, -0.2) is 17.8 Å². The zero-order valence-electron chi connectivity index (χ0n) is 8.55. The fraction of sp³-hybridized carbons (Fsp3) is 0.455. The number of benzene rings is 1. The van der Waals surface area contributed by atoms with Gasteiger partial charge >= 0.3 is 0 Å². The summed E-state index contributed by atoms with van der Waals surface area (Å²) in [5, 5.41) is 12.1. The van der Waals surface area contributed by atoms with Gasteiger partial charge in [-0.2, -0.15) is 0 Å². The summed E-state index contributed by atoms with van der Waals surface area (Å²) in [6, 6.07) is 6.42. The summed E-state index contributed by atoms with van der Waals surface area (Å²) < 4.78 is 1.14. The van der Waals surface area contributed by atoms with Crippen LogP contribution in [0.15, 0.2) is 22.7 Å². The average Bonchev–Trinajstić information content (AvgIpc) is 2.19. The second-order valence-electron chi connectivity index (χ2n) is 3.55. The van der Waals surface area contributed by atoms with Crippen LogP contribution >= 0.6 is 15.9 Å². The first kappa shape index (κ1) is 11.7. The molecule has 0 saturated carbocycles. The van der Waals surface area contributed by atoms with Crippen LogP contribution in [0.2, 0.25) is 0 Å². The third-order valence-corrected chi connectivity index (χ3v) is 3.04. The van der Waals surface area contributed by atoms with Crippen LogP contribution in [0.3, 0.4) is 0 Å². The minimum Gasteiger partial charge on any atom is -0.395 e. The van der Waals surface area contributed by atoms with Gasteiger partial charge in [-0.15, -0.1) is 0 Å². The van der Waals surface area contributed by atoms with Crippen molar-refractivity contribution in [2.75, 3.05) is 6.61 Å². The van der Waals surface area contributed by atoms with Gasteiger partial charge in [0, 0.05) is 17.1 Å². The third-order valence-electron chi connectivity index (χ3n) is 2.15. The average molecular weight is 258 g/mol. The van der Waals surface area contributed by atoms with E-state index in [1.165, 1.54) is 11.1 Å². The van der Waals surface area contributed by atoms with E-state index >= 15 is 0 Å². The molecule has 1 aromatic rings. The number of hydrogen-bond acceptors (Lipinski definition) is 2. The first-order chi connectivity index (χ1) is 6.63. The van der Waals surface area contributed by atoms with E-state index in [-0.39, 0.29) is 12.6 Å². The van der Waals surface area contributed by atoms with Gasteiger partial charge in [0.05, 0.1) is 6.61 Å². The van der Waals surface area contributed by atoms with Gasteiger partial charge in [-0.3, -0.25) is 0 Å². The van der Waals surface area contributed by atoms with Crippen molar-refractivity contribution in [1.29, 1.82) is 0 Å². The number of rotatable bonds is 4. The maximum absolute atomic E-state index is 8.84. The van der Waals surface area contributed by atoms with E-state index in [0.29, 0.717) is 0 Å². The summed E-state index contributed by atoms with van der Waals surface area (Å²) in [6.07, 6.45) is 0. The van der Waals surface area contributed by atoms with Crippen molar-refractivity contribution in [3.8, 4) is 0 Å². The minimum atomic E-state index is 0.152. The molecule has 1 unspecified atom stereocenters. The first-order valence-electron chi connectivity index (χ1n) is 4.72. The van der Waals surface area contributed by atoms with Gasteiger partial charge in [0.25, 0.3) is 0 Å². The molecule has 78 valence electrons. The molecular weight excluding hydrogens is 242 g/mol. The lowest BCUT2D eigenvalue weighted by Crippen LogP contribution is -2.28. The Morgan fingerprint density at radius 1 is 1.50 bits per heavy atom. The molecule has 14 heavy (non-hydrogen) atoms. The van der Waals surface area contributed by atoms with Crippen molar-refractivity contribution in [2.24, 2.45) is 0 Å². The molecule has 2 nitrogen and oxygen atoms in total. The zero-order chi connectivity index (χ0) is 10.6. The van der Waals surface area contributed by atoms with Gasteiger partial charge in [0.15, 0.2) is 0 Å². The molecular formula is C11H16BrNO. The standard InChI is InChI=1S/C11H16BrNO/c1-8-5-10(3-4-11(8)12)6-13-9(2)7-14/h3-5,9,13-14H,6-7H2,1-2H3. The van der Waals surface area contributed by atoms with Gasteiger partial charge in [-0.1, -0.05) is 28.1 Å². The quantitative estimate of drug-likeness (QED) is 0.868. The van der Waals surface area contributed by atoms with Crippen molar-refractivity contribution in [1.82, 2.24) is 5.32 Å². The smallest absolute Gasteiger partial charge is 0.0582 e. The van der Waals surface area contributed by atoms with Crippen LogP contribution in [0.4, 0.5) is 0 Å². The zero-order valence-corrected chi connectivity index (χ0v) is 10.1. The Morgan fingerprint density at radius 3 is 2.79 bits per heavy atom. The van der Waals surface area contributed by atoms with Gasteiger partial charge in [-0.05, 0) is 31.0 Å². The minimum absolute atomic E-state index is 0.152. The predicted molar refractivity (Wildman–Crippen MR) is 62.3 cm³/mol. The van der Waals surface area contributed by atoms with Crippen molar-refractivity contribution >= 4 is 15.9 Å². The van der Waals surface area contributed by atoms with Gasteiger partial charge < -0.3 is 10.4 Å². The Labute approximate surface area is 93.5 Å². The Bertz CT molecular complexity index is 301. The van der Waals surface area contributed by atoms with Crippen LogP contribution in [0.1, 0.15) is 18.1 Å². The second-order valence-corrected chi connectivity index (χ2v) is 4.40. The lowest BCUT2D eigenvalue weighted by atomic mass is 10.1. The second kappa shape index (κ2) is 5.49. The highest BCUT2D eigenvalue weighted by atomic mass is 79.9. The number of aliphatic hydroxyl groups excluding tert-OH is 1. The van der Waals surface area contributed by atoms with Gasteiger partial charge in [0.1, 0.15) is 0 Å². The molecule has 2 N–H and O–H groups in total. The molecule has 0 aliphatic rings. The Hall–Kier alpha value is -0.380. The lowest BCUT2D eigenvalue weighted by Gasteiger charge is -2.11. The largest absolute Gasteiger partial charge is 0.395 e. The molecule has 0 spiro atoms. The fourth-order valence-corrected chi connectivity index (χ4v) is 1.42. The van der Waals surface area contributed by atoms with E-state index in [1.807, 2.05) is 6.92 Å². The monoisotopic (exact) mass is 257 g/mol. The number of aliphatic hydroxyl groups is 1. The van der Waals surface area contributed by atoms with E-state index in [2.05, 4.69) is 46.4 Å². The van der Waals surface area contributed by atoms with Crippen LogP contribution in [0.25, 0.3) is 0 Å². The number of hydrogen-bond donors (Lipinski definition) is 2. The number of halogens is 1. The van der Waals surface area contributed by atoms with Gasteiger partial charge in [-0.25, -0.2) is 0 Å². The van der Waals surface area contributed by atoms with Crippen LogP contribution in [0.5, 0.6) is 0 Å². The molecule has 0 heterocycles. The van der Waals surface area contributed by atoms with Crippen LogP contribution in [-0.2, 0) is 6.54 Å². The summed E-state index contributed by atoms with van der Waals surface area (Å²) in [5.74, 6) is 0. The van der Waals surface area contributed by atoms with Crippen molar-refractivity contribution in [3.05, 3.63) is 33.8 Å². The molecule has 0 aliphatic carbocycles. The van der Waals surface area contributed by atoms with E-state index in [9.17, 15) is 0 Å². The van der Waals surface area contributed by atoms with E-state index in [4.69, 9.17) is 5.11 Å². The van der Waals surface area contributed by atoms with Gasteiger partial charge in [0.2, 0.25) is 0 Å². The Balaban J connectivity index is 2.55. The highest BCUT2D eigenvalue weighted by Crippen LogP contribution is 2.16. The normalized spacial score (nSPS) is 12.9. The van der Waals surface area contributed by atoms with E-state index in [1.54, 1.807) is 0 Å².